The molecule has 0 aliphatic carbocycles. The smallest absolute Gasteiger partial charge is 0.223 e. The quantitative estimate of drug-likeness (QED) is 0.429. The van der Waals surface area contributed by atoms with Crippen LogP contribution in [0.1, 0.15) is 44.6 Å². The third-order valence-corrected chi connectivity index (χ3v) is 5.48. The lowest BCUT2D eigenvalue weighted by molar-refractivity contribution is -0.128. The molecule has 0 saturated carbocycles. The number of benzene rings is 1. The summed E-state index contributed by atoms with van der Waals surface area (Å²) in [5.41, 5.74) is 0.787. The van der Waals surface area contributed by atoms with Gasteiger partial charge in [0.2, 0.25) is 5.91 Å². The molecule has 1 aliphatic rings. The van der Waals surface area contributed by atoms with Crippen molar-refractivity contribution in [2.75, 3.05) is 18.1 Å². The molecular formula is C20H27F2NOS. The molecule has 138 valence electrons. The minimum Gasteiger partial charge on any atom is -0.335 e. The van der Waals surface area contributed by atoms with Crippen molar-refractivity contribution in [3.63, 3.8) is 0 Å². The number of halogens is 2. The predicted molar refractivity (Wildman–Crippen MR) is 101 cm³/mol. The van der Waals surface area contributed by atoms with Gasteiger partial charge in [-0.25, -0.2) is 8.78 Å². The molecule has 2 nitrogen and oxygen atoms in total. The van der Waals surface area contributed by atoms with Crippen LogP contribution in [0.3, 0.4) is 0 Å². The van der Waals surface area contributed by atoms with E-state index in [1.54, 1.807) is 6.07 Å². The molecule has 2 rings (SSSR count). The summed E-state index contributed by atoms with van der Waals surface area (Å²) in [7, 11) is 0. The first-order chi connectivity index (χ1) is 12.1. The van der Waals surface area contributed by atoms with Gasteiger partial charge in [-0.15, -0.1) is 0 Å². The third-order valence-electron chi connectivity index (χ3n) is 4.44. The molecule has 1 aromatic rings. The summed E-state index contributed by atoms with van der Waals surface area (Å²) in [4.78, 5) is 14.0. The molecule has 1 aromatic carbocycles. The molecule has 1 heterocycles. The van der Waals surface area contributed by atoms with Gasteiger partial charge in [-0.05, 0) is 49.1 Å². The monoisotopic (exact) mass is 367 g/mol. The highest BCUT2D eigenvalue weighted by Crippen LogP contribution is 2.21. The lowest BCUT2D eigenvalue weighted by Crippen LogP contribution is -2.33. The number of aryl methyl sites for hydroxylation is 1. The van der Waals surface area contributed by atoms with Crippen molar-refractivity contribution >= 4 is 17.7 Å². The summed E-state index contributed by atoms with van der Waals surface area (Å²) in [6, 6.07) is 4.22. The molecule has 0 spiro atoms. The third kappa shape index (κ3) is 6.46. The molecule has 1 fully saturated rings. The van der Waals surface area contributed by atoms with Crippen molar-refractivity contribution in [3.05, 3.63) is 47.5 Å². The number of thioether (sulfide) groups is 1. The summed E-state index contributed by atoms with van der Waals surface area (Å²) in [5.74, 6) is 0.787. The standard InChI is InChI=1S/C20H27F2NOS/c1-2-3-13-25-14-12-23-17(9-11-20(23)24)7-5-4-6-16-8-10-18(21)19(22)15-16/h5,7-8,10,15,17H,2-4,6,9,11-14H2,1H3/b7-5+. The first kappa shape index (κ1) is 20.0. The van der Waals surface area contributed by atoms with Crippen molar-refractivity contribution < 1.29 is 13.6 Å². The number of allylic oxidation sites excluding steroid dienone is 1. The summed E-state index contributed by atoms with van der Waals surface area (Å²) in [6.45, 7) is 3.00. The molecule has 0 aromatic heterocycles. The summed E-state index contributed by atoms with van der Waals surface area (Å²) < 4.78 is 26.1. The van der Waals surface area contributed by atoms with Gasteiger partial charge in [0.15, 0.2) is 11.6 Å². The number of hydrogen-bond acceptors (Lipinski definition) is 2. The van der Waals surface area contributed by atoms with Crippen molar-refractivity contribution in [3.8, 4) is 0 Å². The second-order valence-electron chi connectivity index (χ2n) is 6.37. The van der Waals surface area contributed by atoms with E-state index in [0.717, 1.165) is 36.5 Å². The Morgan fingerprint density at radius 2 is 2.12 bits per heavy atom. The van der Waals surface area contributed by atoms with E-state index in [1.165, 1.54) is 25.0 Å². The van der Waals surface area contributed by atoms with Crippen molar-refractivity contribution in [1.29, 1.82) is 0 Å². The average molecular weight is 368 g/mol. The van der Waals surface area contributed by atoms with Crippen LogP contribution in [0, 0.1) is 11.6 Å². The average Bonchev–Trinajstić information content (AvgIpc) is 2.95. The van der Waals surface area contributed by atoms with E-state index in [-0.39, 0.29) is 11.9 Å². The van der Waals surface area contributed by atoms with Crippen LogP contribution >= 0.6 is 11.8 Å². The summed E-state index contributed by atoms with van der Waals surface area (Å²) in [6.07, 6.45) is 9.52. The van der Waals surface area contributed by atoms with Gasteiger partial charge in [0.25, 0.3) is 0 Å². The van der Waals surface area contributed by atoms with E-state index in [9.17, 15) is 13.6 Å². The largest absolute Gasteiger partial charge is 0.335 e. The van der Waals surface area contributed by atoms with Crippen molar-refractivity contribution in [2.24, 2.45) is 0 Å². The number of amides is 1. The minimum absolute atomic E-state index is 0.184. The van der Waals surface area contributed by atoms with E-state index in [2.05, 4.69) is 19.1 Å². The molecule has 0 bridgehead atoms. The fraction of sp³-hybridized carbons (Fsp3) is 0.550. The highest BCUT2D eigenvalue weighted by molar-refractivity contribution is 7.99. The highest BCUT2D eigenvalue weighted by atomic mass is 32.2. The van der Waals surface area contributed by atoms with Crippen LogP contribution in [0.4, 0.5) is 8.78 Å². The fourth-order valence-corrected chi connectivity index (χ4v) is 3.98. The van der Waals surface area contributed by atoms with E-state index in [4.69, 9.17) is 0 Å². The van der Waals surface area contributed by atoms with Gasteiger partial charge in [0, 0.05) is 18.7 Å². The molecule has 1 saturated heterocycles. The second-order valence-corrected chi connectivity index (χ2v) is 7.60. The highest BCUT2D eigenvalue weighted by Gasteiger charge is 2.28. The van der Waals surface area contributed by atoms with Gasteiger partial charge in [0.05, 0.1) is 6.04 Å². The zero-order chi connectivity index (χ0) is 18.1. The Balaban J connectivity index is 1.76. The van der Waals surface area contributed by atoms with Crippen molar-refractivity contribution in [2.45, 2.75) is 51.5 Å². The normalized spacial score (nSPS) is 17.8. The van der Waals surface area contributed by atoms with Gasteiger partial charge >= 0.3 is 0 Å². The molecular weight excluding hydrogens is 340 g/mol. The number of carbonyl (C=O) groups is 1. The van der Waals surface area contributed by atoms with Crippen LogP contribution in [-0.2, 0) is 11.2 Å². The van der Waals surface area contributed by atoms with Crippen molar-refractivity contribution in [1.82, 2.24) is 4.90 Å². The zero-order valence-electron chi connectivity index (χ0n) is 14.8. The Hall–Kier alpha value is -1.36. The molecule has 0 radical (unpaired) electrons. The fourth-order valence-electron chi connectivity index (χ4n) is 2.96. The zero-order valence-corrected chi connectivity index (χ0v) is 15.7. The maximum atomic E-state index is 13.2. The molecule has 5 heteroatoms. The Bertz CT molecular complexity index is 591. The number of nitrogens with zero attached hydrogens (tertiary/aromatic N) is 1. The molecule has 1 amide bonds. The van der Waals surface area contributed by atoms with E-state index < -0.39 is 11.6 Å². The lowest BCUT2D eigenvalue weighted by atomic mass is 10.1. The van der Waals surface area contributed by atoms with Crippen LogP contribution in [0.25, 0.3) is 0 Å². The Kier molecular flexibility index (Phi) is 8.45. The van der Waals surface area contributed by atoms with E-state index in [0.29, 0.717) is 12.8 Å². The van der Waals surface area contributed by atoms with Crippen LogP contribution in [-0.4, -0.2) is 34.9 Å². The molecule has 25 heavy (non-hydrogen) atoms. The molecule has 1 aliphatic heterocycles. The summed E-state index contributed by atoms with van der Waals surface area (Å²) in [5, 5.41) is 0. The number of rotatable bonds is 10. The maximum Gasteiger partial charge on any atom is 0.223 e. The lowest BCUT2D eigenvalue weighted by Gasteiger charge is -2.22. The topological polar surface area (TPSA) is 20.3 Å². The minimum atomic E-state index is -0.809. The van der Waals surface area contributed by atoms with Crippen LogP contribution < -0.4 is 0 Å². The second kappa shape index (κ2) is 10.6. The summed E-state index contributed by atoms with van der Waals surface area (Å²) >= 11 is 1.91. The Morgan fingerprint density at radius 1 is 1.28 bits per heavy atom. The molecule has 1 unspecified atom stereocenters. The van der Waals surface area contributed by atoms with Gasteiger partial charge < -0.3 is 4.90 Å². The number of carbonyl (C=O) groups excluding carboxylic acids is 1. The first-order valence-corrected chi connectivity index (χ1v) is 10.2. The molecule has 1 atom stereocenters. The predicted octanol–water partition coefficient (Wildman–Crippen LogP) is 4.98. The van der Waals surface area contributed by atoms with Gasteiger partial charge in [-0.3, -0.25) is 4.79 Å². The number of likely N-dealkylation sites (tertiary alicyclic amines) is 1. The van der Waals surface area contributed by atoms with Crippen LogP contribution in [0.5, 0.6) is 0 Å². The first-order valence-electron chi connectivity index (χ1n) is 9.09. The molecule has 0 N–H and O–H groups in total. The van der Waals surface area contributed by atoms with Gasteiger partial charge in [-0.1, -0.05) is 31.6 Å². The van der Waals surface area contributed by atoms with Crippen LogP contribution in [0.2, 0.25) is 0 Å². The Labute approximate surface area is 153 Å². The Morgan fingerprint density at radius 3 is 2.88 bits per heavy atom. The van der Waals surface area contributed by atoms with Crippen LogP contribution in [0.15, 0.2) is 30.4 Å². The number of hydrogen-bond donors (Lipinski definition) is 0. The maximum absolute atomic E-state index is 13.2. The van der Waals surface area contributed by atoms with E-state index in [1.807, 2.05) is 16.7 Å². The number of unbranched alkanes of at least 4 members (excludes halogenated alkanes) is 1. The van der Waals surface area contributed by atoms with Gasteiger partial charge in [-0.2, -0.15) is 11.8 Å². The van der Waals surface area contributed by atoms with E-state index >= 15 is 0 Å². The van der Waals surface area contributed by atoms with Gasteiger partial charge in [0.1, 0.15) is 0 Å². The SMILES string of the molecule is CCCCSCCN1C(=O)CCC1/C=C/CCc1ccc(F)c(F)c1.